The van der Waals surface area contributed by atoms with Crippen LogP contribution in [0.3, 0.4) is 0 Å². The van der Waals surface area contributed by atoms with Crippen molar-refractivity contribution in [1.82, 2.24) is 4.90 Å². The number of nitrogens with one attached hydrogen (secondary N) is 1. The van der Waals surface area contributed by atoms with Crippen LogP contribution in [-0.4, -0.2) is 44.1 Å². The second-order valence-electron chi connectivity index (χ2n) is 7.36. The molecule has 0 fully saturated rings. The van der Waals surface area contributed by atoms with Gasteiger partial charge in [-0.05, 0) is 41.3 Å². The molecule has 1 N–H and O–H groups in total. The molecule has 2 amide bonds. The van der Waals surface area contributed by atoms with Gasteiger partial charge in [0.2, 0.25) is 5.91 Å². The highest BCUT2D eigenvalue weighted by Gasteiger charge is 2.44. The lowest BCUT2D eigenvalue weighted by Gasteiger charge is -2.41. The first kappa shape index (κ1) is 22.3. The number of anilines is 1. The summed E-state index contributed by atoms with van der Waals surface area (Å²) in [5.74, 6) is -0.389. The number of benzene rings is 2. The van der Waals surface area contributed by atoms with Gasteiger partial charge in [-0.15, -0.1) is 11.3 Å². The first-order chi connectivity index (χ1) is 15.5. The maximum atomic E-state index is 13.7. The fourth-order valence-electron chi connectivity index (χ4n) is 4.05. The van der Waals surface area contributed by atoms with Crippen molar-refractivity contribution in [2.24, 2.45) is 0 Å². The number of nitrogens with zero attached hydrogens (tertiary/aromatic N) is 1. The molecule has 0 aliphatic carbocycles. The summed E-state index contributed by atoms with van der Waals surface area (Å²) in [5, 5.41) is 5.34. The number of hydrogen-bond donors (Lipinski definition) is 1. The first-order valence-corrected chi connectivity index (χ1v) is 11.4. The third-order valence-electron chi connectivity index (χ3n) is 5.51. The van der Waals surface area contributed by atoms with Crippen LogP contribution in [0.25, 0.3) is 0 Å². The van der Waals surface area contributed by atoms with Gasteiger partial charge in [-0.1, -0.05) is 35.9 Å². The Morgan fingerprint density at radius 3 is 2.66 bits per heavy atom. The summed E-state index contributed by atoms with van der Waals surface area (Å²) < 4.78 is 10.5. The molecule has 6 nitrogen and oxygen atoms in total. The van der Waals surface area contributed by atoms with E-state index in [0.29, 0.717) is 40.7 Å². The van der Waals surface area contributed by atoms with Crippen LogP contribution in [0.2, 0.25) is 5.02 Å². The molecule has 8 heteroatoms. The highest BCUT2D eigenvalue weighted by Crippen LogP contribution is 2.44. The Balaban J connectivity index is 1.77. The Kier molecular flexibility index (Phi) is 6.79. The second kappa shape index (κ2) is 9.73. The molecular formula is C24H23ClN2O4S. The zero-order chi connectivity index (χ0) is 22.7. The zero-order valence-electron chi connectivity index (χ0n) is 17.7. The van der Waals surface area contributed by atoms with E-state index in [1.807, 2.05) is 35.7 Å². The van der Waals surface area contributed by atoms with Crippen molar-refractivity contribution in [1.29, 1.82) is 0 Å². The van der Waals surface area contributed by atoms with Gasteiger partial charge in [0.1, 0.15) is 5.75 Å². The standard InChI is InChI=1S/C24H23ClN2O4S/c1-30-12-11-27-22(20-8-5-13-32-20)21(16-6-3-4-7-17(16)24(27)29)23(28)26-15-9-10-19(31-2)18(25)14-15/h3-10,13-14,21-22H,11-12H2,1-2H3,(H,26,28)/t21-,22+/m1/s1. The molecule has 1 aromatic heterocycles. The van der Waals surface area contributed by atoms with Crippen LogP contribution < -0.4 is 10.1 Å². The third kappa shape index (κ3) is 4.24. The van der Waals surface area contributed by atoms with Gasteiger partial charge in [0.05, 0.1) is 30.7 Å². The second-order valence-corrected chi connectivity index (χ2v) is 8.74. The largest absolute Gasteiger partial charge is 0.495 e. The normalized spacial score (nSPS) is 17.7. The number of fused-ring (bicyclic) bond motifs is 1. The lowest BCUT2D eigenvalue weighted by molar-refractivity contribution is -0.119. The van der Waals surface area contributed by atoms with Crippen LogP contribution in [-0.2, 0) is 9.53 Å². The lowest BCUT2D eigenvalue weighted by atomic mass is 9.81. The Morgan fingerprint density at radius 1 is 1.16 bits per heavy atom. The van der Waals surface area contributed by atoms with E-state index in [0.717, 1.165) is 4.88 Å². The van der Waals surface area contributed by atoms with Gasteiger partial charge in [0, 0.05) is 29.8 Å². The lowest BCUT2D eigenvalue weighted by Crippen LogP contribution is -2.47. The summed E-state index contributed by atoms with van der Waals surface area (Å²) in [6.45, 7) is 0.753. The molecule has 166 valence electrons. The minimum absolute atomic E-state index is 0.104. The number of halogens is 1. The molecule has 2 aromatic carbocycles. The Morgan fingerprint density at radius 2 is 1.97 bits per heavy atom. The fourth-order valence-corrected chi connectivity index (χ4v) is 5.18. The van der Waals surface area contributed by atoms with Crippen LogP contribution in [0.5, 0.6) is 5.75 Å². The average molecular weight is 471 g/mol. The first-order valence-electron chi connectivity index (χ1n) is 10.1. The van der Waals surface area contributed by atoms with Gasteiger partial charge in [0.25, 0.3) is 5.91 Å². The molecule has 0 saturated carbocycles. The van der Waals surface area contributed by atoms with E-state index in [4.69, 9.17) is 21.1 Å². The average Bonchev–Trinajstić information content (AvgIpc) is 3.33. The highest BCUT2D eigenvalue weighted by atomic mass is 35.5. The maximum absolute atomic E-state index is 13.7. The summed E-state index contributed by atoms with van der Waals surface area (Å²) in [4.78, 5) is 29.7. The predicted molar refractivity (Wildman–Crippen MR) is 126 cm³/mol. The number of methoxy groups -OCH3 is 2. The van der Waals surface area contributed by atoms with Crippen LogP contribution >= 0.6 is 22.9 Å². The van der Waals surface area contributed by atoms with E-state index >= 15 is 0 Å². The maximum Gasteiger partial charge on any atom is 0.254 e. The van der Waals surface area contributed by atoms with Gasteiger partial charge < -0.3 is 19.7 Å². The van der Waals surface area contributed by atoms with Crippen LogP contribution in [0.1, 0.15) is 32.8 Å². The van der Waals surface area contributed by atoms with E-state index in [9.17, 15) is 9.59 Å². The van der Waals surface area contributed by atoms with E-state index in [1.165, 1.54) is 18.4 Å². The van der Waals surface area contributed by atoms with Gasteiger partial charge >= 0.3 is 0 Å². The van der Waals surface area contributed by atoms with Crippen molar-refractivity contribution < 1.29 is 19.1 Å². The molecule has 0 spiro atoms. The van der Waals surface area contributed by atoms with E-state index < -0.39 is 12.0 Å². The molecule has 32 heavy (non-hydrogen) atoms. The van der Waals surface area contributed by atoms with Crippen LogP contribution in [0, 0.1) is 0 Å². The molecule has 1 aliphatic heterocycles. The summed E-state index contributed by atoms with van der Waals surface area (Å²) >= 11 is 7.77. The number of ether oxygens (including phenoxy) is 2. The molecule has 0 saturated heterocycles. The third-order valence-corrected chi connectivity index (χ3v) is 6.75. The van der Waals surface area contributed by atoms with Gasteiger partial charge in [-0.2, -0.15) is 0 Å². The van der Waals surface area contributed by atoms with Crippen LogP contribution in [0.4, 0.5) is 5.69 Å². The molecule has 4 rings (SSSR count). The smallest absolute Gasteiger partial charge is 0.254 e. The van der Waals surface area contributed by atoms with Crippen molar-refractivity contribution in [3.8, 4) is 5.75 Å². The Hall–Kier alpha value is -2.87. The number of hydrogen-bond acceptors (Lipinski definition) is 5. The van der Waals surface area contributed by atoms with E-state index in [2.05, 4.69) is 5.32 Å². The van der Waals surface area contributed by atoms with Gasteiger partial charge in [0.15, 0.2) is 0 Å². The van der Waals surface area contributed by atoms with E-state index in [1.54, 1.807) is 36.3 Å². The molecule has 0 radical (unpaired) electrons. The number of carbonyl (C=O) groups is 2. The van der Waals surface area contributed by atoms with E-state index in [-0.39, 0.29) is 11.8 Å². The number of carbonyl (C=O) groups excluding carboxylic acids is 2. The summed E-state index contributed by atoms with van der Waals surface area (Å²) in [6.07, 6.45) is 0. The van der Waals surface area contributed by atoms with Crippen LogP contribution in [0.15, 0.2) is 60.0 Å². The number of thiophene rings is 1. The van der Waals surface area contributed by atoms with Gasteiger partial charge in [-0.3, -0.25) is 9.59 Å². The fraction of sp³-hybridized carbons (Fsp3) is 0.250. The predicted octanol–water partition coefficient (Wildman–Crippen LogP) is 4.98. The minimum atomic E-state index is -0.597. The molecule has 0 unspecified atom stereocenters. The summed E-state index contributed by atoms with van der Waals surface area (Å²) in [7, 11) is 3.13. The molecular weight excluding hydrogens is 448 g/mol. The molecule has 1 aliphatic rings. The molecule has 2 atom stereocenters. The summed E-state index contributed by atoms with van der Waals surface area (Å²) in [6, 6.07) is 15.8. The SMILES string of the molecule is COCCN1C(=O)c2ccccc2[C@@H](C(=O)Nc2ccc(OC)c(Cl)c2)[C@@H]1c1cccs1. The zero-order valence-corrected chi connectivity index (χ0v) is 19.3. The van der Waals surface area contributed by atoms with Crippen molar-refractivity contribution in [2.45, 2.75) is 12.0 Å². The molecule has 0 bridgehead atoms. The monoisotopic (exact) mass is 470 g/mol. The minimum Gasteiger partial charge on any atom is -0.495 e. The quantitative estimate of drug-likeness (QED) is 0.529. The Labute approximate surface area is 195 Å². The van der Waals surface area contributed by atoms with Crippen molar-refractivity contribution in [3.63, 3.8) is 0 Å². The summed E-state index contributed by atoms with van der Waals surface area (Å²) in [5.41, 5.74) is 1.80. The topological polar surface area (TPSA) is 67.9 Å². The van der Waals surface area contributed by atoms with Gasteiger partial charge in [-0.25, -0.2) is 0 Å². The number of rotatable bonds is 7. The van der Waals surface area contributed by atoms with Crippen molar-refractivity contribution in [2.75, 3.05) is 32.7 Å². The van der Waals surface area contributed by atoms with Crippen molar-refractivity contribution in [3.05, 3.63) is 81.0 Å². The molecule has 3 aromatic rings. The van der Waals surface area contributed by atoms with Crippen molar-refractivity contribution >= 4 is 40.4 Å². The molecule has 2 heterocycles. The Bertz CT molecular complexity index is 1120. The highest BCUT2D eigenvalue weighted by molar-refractivity contribution is 7.10. The number of amides is 2.